The van der Waals surface area contributed by atoms with Gasteiger partial charge in [-0.15, -0.1) is 11.8 Å². The van der Waals surface area contributed by atoms with Crippen molar-refractivity contribution in [3.05, 3.63) is 29.3 Å². The maximum absolute atomic E-state index is 13.7. The summed E-state index contributed by atoms with van der Waals surface area (Å²) in [4.78, 5) is 10.6. The highest BCUT2D eigenvalue weighted by molar-refractivity contribution is 7.98. The zero-order chi connectivity index (χ0) is 12.3. The fraction of sp³-hybridized carbons (Fsp3) is 0.300. The van der Waals surface area contributed by atoms with Crippen molar-refractivity contribution in [2.24, 2.45) is 5.73 Å². The van der Waals surface area contributed by atoms with Gasteiger partial charge in [0.25, 0.3) is 0 Å². The molecule has 0 amide bonds. The smallest absolute Gasteiger partial charge is 0.305 e. The van der Waals surface area contributed by atoms with Crippen molar-refractivity contribution in [1.29, 1.82) is 0 Å². The third-order valence-electron chi connectivity index (χ3n) is 2.05. The van der Waals surface area contributed by atoms with E-state index in [1.54, 1.807) is 6.26 Å². The maximum Gasteiger partial charge on any atom is 0.305 e. The number of hydrogen-bond donors (Lipinski definition) is 2. The van der Waals surface area contributed by atoms with Gasteiger partial charge in [-0.05, 0) is 18.4 Å². The van der Waals surface area contributed by atoms with Crippen molar-refractivity contribution >= 4 is 17.7 Å². The lowest BCUT2D eigenvalue weighted by atomic mass is 10.0. The van der Waals surface area contributed by atoms with Crippen molar-refractivity contribution in [3.8, 4) is 0 Å². The Kier molecular flexibility index (Phi) is 4.26. The van der Waals surface area contributed by atoms with E-state index in [0.29, 0.717) is 0 Å². The van der Waals surface area contributed by atoms with E-state index in [-0.39, 0.29) is 10.5 Å². The minimum atomic E-state index is -1.15. The average Bonchev–Trinajstić information content (AvgIpc) is 2.19. The lowest BCUT2D eigenvalue weighted by Crippen LogP contribution is -2.17. The predicted octanol–water partition coefficient (Wildman–Crippen LogP) is 2.16. The third-order valence-corrected chi connectivity index (χ3v) is 2.78. The quantitative estimate of drug-likeness (QED) is 0.800. The average molecular weight is 247 g/mol. The Hall–Kier alpha value is -1.14. The first-order valence-electron chi connectivity index (χ1n) is 4.46. The molecule has 6 heteroatoms. The van der Waals surface area contributed by atoms with Crippen LogP contribution in [-0.4, -0.2) is 17.3 Å². The number of nitrogens with two attached hydrogens (primary N) is 1. The van der Waals surface area contributed by atoms with E-state index in [2.05, 4.69) is 0 Å². The topological polar surface area (TPSA) is 63.3 Å². The van der Waals surface area contributed by atoms with Crippen LogP contribution in [-0.2, 0) is 4.79 Å². The van der Waals surface area contributed by atoms with Crippen molar-refractivity contribution in [2.45, 2.75) is 17.4 Å². The van der Waals surface area contributed by atoms with Gasteiger partial charge in [0.1, 0.15) is 11.6 Å². The molecule has 1 aromatic carbocycles. The van der Waals surface area contributed by atoms with Gasteiger partial charge in [0.15, 0.2) is 0 Å². The molecule has 0 aliphatic heterocycles. The molecule has 3 nitrogen and oxygen atoms in total. The second kappa shape index (κ2) is 5.27. The van der Waals surface area contributed by atoms with Crippen LogP contribution in [0.5, 0.6) is 0 Å². The van der Waals surface area contributed by atoms with E-state index in [0.717, 1.165) is 23.9 Å². The lowest BCUT2D eigenvalue weighted by Gasteiger charge is -2.12. The van der Waals surface area contributed by atoms with E-state index >= 15 is 0 Å². The molecule has 1 atom stereocenters. The number of benzene rings is 1. The summed E-state index contributed by atoms with van der Waals surface area (Å²) in [6.45, 7) is 0. The van der Waals surface area contributed by atoms with Gasteiger partial charge in [-0.3, -0.25) is 4.79 Å². The highest BCUT2D eigenvalue weighted by atomic mass is 32.2. The zero-order valence-corrected chi connectivity index (χ0v) is 9.35. The Morgan fingerprint density at radius 2 is 2.19 bits per heavy atom. The molecule has 1 aromatic rings. The summed E-state index contributed by atoms with van der Waals surface area (Å²) in [5, 5.41) is 8.53. The molecule has 0 saturated heterocycles. The summed E-state index contributed by atoms with van der Waals surface area (Å²) in [6, 6.07) is 0.943. The van der Waals surface area contributed by atoms with Crippen LogP contribution in [0.15, 0.2) is 17.0 Å². The van der Waals surface area contributed by atoms with Gasteiger partial charge in [0.05, 0.1) is 6.42 Å². The molecule has 0 radical (unpaired) electrons. The van der Waals surface area contributed by atoms with E-state index < -0.39 is 30.1 Å². The number of rotatable bonds is 4. The highest BCUT2D eigenvalue weighted by Gasteiger charge is 2.18. The lowest BCUT2D eigenvalue weighted by molar-refractivity contribution is -0.137. The second-order valence-corrected chi connectivity index (χ2v) is 4.06. The Labute approximate surface area is 95.6 Å². The van der Waals surface area contributed by atoms with Crippen LogP contribution >= 0.6 is 11.8 Å². The fourth-order valence-electron chi connectivity index (χ4n) is 1.30. The second-order valence-electron chi connectivity index (χ2n) is 3.22. The van der Waals surface area contributed by atoms with Crippen molar-refractivity contribution in [2.75, 3.05) is 6.26 Å². The summed E-state index contributed by atoms with van der Waals surface area (Å²) >= 11 is 1.04. The molecule has 0 heterocycles. The molecule has 0 aliphatic rings. The van der Waals surface area contributed by atoms with Gasteiger partial charge in [-0.2, -0.15) is 0 Å². The summed E-state index contributed by atoms with van der Waals surface area (Å²) < 4.78 is 26.8. The molecule has 0 aromatic heterocycles. The van der Waals surface area contributed by atoms with E-state index in [4.69, 9.17) is 10.8 Å². The van der Waals surface area contributed by atoms with Gasteiger partial charge >= 0.3 is 5.97 Å². The van der Waals surface area contributed by atoms with Gasteiger partial charge in [0.2, 0.25) is 0 Å². The van der Waals surface area contributed by atoms with Crippen LogP contribution in [0.25, 0.3) is 0 Å². The zero-order valence-electron chi connectivity index (χ0n) is 8.54. The molecule has 88 valence electrons. The minimum absolute atomic E-state index is 0.105. The summed E-state index contributed by atoms with van der Waals surface area (Å²) in [5.74, 6) is -2.42. The van der Waals surface area contributed by atoms with Crippen molar-refractivity contribution in [1.82, 2.24) is 0 Å². The van der Waals surface area contributed by atoms with Gasteiger partial charge in [-0.25, -0.2) is 8.78 Å². The summed E-state index contributed by atoms with van der Waals surface area (Å²) in [7, 11) is 0. The van der Waals surface area contributed by atoms with E-state index in [1.165, 1.54) is 0 Å². The normalized spacial score (nSPS) is 12.5. The van der Waals surface area contributed by atoms with Crippen LogP contribution in [0.1, 0.15) is 18.0 Å². The standard InChI is InChI=1S/C10H11F2NO2S/c1-16-8-3-5(11)2-6(10(8)12)7(13)4-9(14)15/h2-3,7H,4,13H2,1H3,(H,14,15). The van der Waals surface area contributed by atoms with Crippen LogP contribution in [0.2, 0.25) is 0 Å². The number of carbonyl (C=O) groups is 1. The third kappa shape index (κ3) is 2.93. The van der Waals surface area contributed by atoms with Crippen molar-refractivity contribution in [3.63, 3.8) is 0 Å². The Morgan fingerprint density at radius 1 is 1.56 bits per heavy atom. The number of halogens is 2. The number of hydrogen-bond acceptors (Lipinski definition) is 3. The maximum atomic E-state index is 13.7. The Balaban J connectivity index is 3.12. The molecule has 0 spiro atoms. The van der Waals surface area contributed by atoms with Gasteiger partial charge in [0, 0.05) is 16.5 Å². The number of thioether (sulfide) groups is 1. The number of aliphatic carboxylic acids is 1. The molecule has 0 aliphatic carbocycles. The van der Waals surface area contributed by atoms with Crippen molar-refractivity contribution < 1.29 is 18.7 Å². The molecular weight excluding hydrogens is 236 g/mol. The van der Waals surface area contributed by atoms with Crippen LogP contribution < -0.4 is 5.73 Å². The molecular formula is C10H11F2NO2S. The first kappa shape index (κ1) is 12.9. The molecule has 0 saturated carbocycles. The predicted molar refractivity (Wildman–Crippen MR) is 57.3 cm³/mol. The molecule has 1 rings (SSSR count). The van der Waals surface area contributed by atoms with Gasteiger partial charge < -0.3 is 10.8 Å². The summed E-state index contributed by atoms with van der Waals surface area (Å²) in [6.07, 6.45) is 1.17. The molecule has 0 bridgehead atoms. The number of carboxylic acids is 1. The Morgan fingerprint density at radius 3 is 2.69 bits per heavy atom. The molecule has 0 fully saturated rings. The first-order valence-corrected chi connectivity index (χ1v) is 5.68. The highest BCUT2D eigenvalue weighted by Crippen LogP contribution is 2.27. The van der Waals surface area contributed by atoms with Crippen LogP contribution in [0.3, 0.4) is 0 Å². The van der Waals surface area contributed by atoms with E-state index in [1.807, 2.05) is 0 Å². The van der Waals surface area contributed by atoms with Gasteiger partial charge in [-0.1, -0.05) is 0 Å². The Bertz CT molecular complexity index is 412. The SMILES string of the molecule is CSc1cc(F)cc(C(N)CC(=O)O)c1F. The number of carboxylic acid groups (broad SMARTS) is 1. The first-order chi connectivity index (χ1) is 7.45. The molecule has 3 N–H and O–H groups in total. The minimum Gasteiger partial charge on any atom is -0.481 e. The van der Waals surface area contributed by atoms with E-state index in [9.17, 15) is 13.6 Å². The largest absolute Gasteiger partial charge is 0.481 e. The molecule has 1 unspecified atom stereocenters. The van der Waals surface area contributed by atoms with Crippen LogP contribution in [0.4, 0.5) is 8.78 Å². The molecule has 16 heavy (non-hydrogen) atoms. The summed E-state index contributed by atoms with van der Waals surface area (Å²) in [5.41, 5.74) is 5.39. The monoisotopic (exact) mass is 247 g/mol. The fourth-order valence-corrected chi connectivity index (χ4v) is 1.83. The van der Waals surface area contributed by atoms with Crippen LogP contribution in [0, 0.1) is 11.6 Å².